The van der Waals surface area contributed by atoms with Crippen LogP contribution in [0.2, 0.25) is 0 Å². The summed E-state index contributed by atoms with van der Waals surface area (Å²) >= 11 is 0. The predicted molar refractivity (Wildman–Crippen MR) is 44.7 cm³/mol. The summed E-state index contributed by atoms with van der Waals surface area (Å²) in [5.74, 6) is 0. The molecule has 0 aromatic rings. The van der Waals surface area contributed by atoms with Crippen LogP contribution in [-0.4, -0.2) is 58.7 Å². The lowest BCUT2D eigenvalue weighted by Crippen LogP contribution is -2.49. The van der Waals surface area contributed by atoms with Crippen molar-refractivity contribution in [2.45, 2.75) is 31.0 Å². The Balaban J connectivity index is 0.000000671. The van der Waals surface area contributed by atoms with E-state index in [2.05, 4.69) is 5.73 Å². The Morgan fingerprint density at radius 1 is 1.31 bits per heavy atom. The van der Waals surface area contributed by atoms with Crippen molar-refractivity contribution in [3.8, 4) is 0 Å². The highest BCUT2D eigenvalue weighted by Gasteiger charge is 2.35. The average Bonchev–Trinajstić information content (AvgIpc) is 2.14. The zero-order chi connectivity index (χ0) is 10.4. The highest BCUT2D eigenvalue weighted by atomic mass is 16.6. The lowest BCUT2D eigenvalue weighted by molar-refractivity contribution is -0.239. The summed E-state index contributed by atoms with van der Waals surface area (Å²) < 4.78 is 4.71. The summed E-state index contributed by atoms with van der Waals surface area (Å²) in [6.45, 7) is -0.407. The summed E-state index contributed by atoms with van der Waals surface area (Å²) in [4.78, 5) is 0. The van der Waals surface area contributed by atoms with Crippen LogP contribution < -0.4 is 5.73 Å². The third-order valence-electron chi connectivity index (χ3n) is 1.73. The first-order valence-electron chi connectivity index (χ1n) is 4.03. The van der Waals surface area contributed by atoms with E-state index in [1.54, 1.807) is 0 Å². The van der Waals surface area contributed by atoms with Gasteiger partial charge in [-0.1, -0.05) is 0 Å². The maximum absolute atomic E-state index is 9.11. The fourth-order valence-electron chi connectivity index (χ4n) is 1.08. The molecule has 0 saturated carbocycles. The first-order chi connectivity index (χ1) is 6.15. The Morgan fingerprint density at radius 3 is 2.31 bits per heavy atom. The topological polar surface area (TPSA) is 116 Å². The molecule has 1 aliphatic rings. The lowest BCUT2D eigenvalue weighted by Gasteiger charge is -2.33. The first kappa shape index (κ1) is 12.8. The minimum atomic E-state index is -1.11. The van der Waals surface area contributed by atoms with E-state index in [1.807, 2.05) is 0 Å². The van der Waals surface area contributed by atoms with Crippen molar-refractivity contribution in [1.82, 2.24) is 0 Å². The number of ether oxygens (including phenoxy) is 1. The van der Waals surface area contributed by atoms with Crippen LogP contribution in [0.1, 0.15) is 6.42 Å². The highest BCUT2D eigenvalue weighted by molar-refractivity contribution is 4.81. The highest BCUT2D eigenvalue weighted by Crippen LogP contribution is 2.18. The Bertz CT molecular complexity index is 134. The molecule has 1 rings (SSSR count). The van der Waals surface area contributed by atoms with E-state index in [0.717, 1.165) is 0 Å². The Morgan fingerprint density at radius 2 is 1.85 bits per heavy atom. The Hall–Kier alpha value is -0.240. The minimum absolute atomic E-state index is 0.0162. The molecule has 0 bridgehead atoms. The molecule has 13 heavy (non-hydrogen) atoms. The molecule has 0 radical (unpaired) electrons. The summed E-state index contributed by atoms with van der Waals surface area (Å²) in [7, 11) is 1.50. The smallest absolute Gasteiger partial charge is 0.157 e. The van der Waals surface area contributed by atoms with Gasteiger partial charge in [-0.3, -0.25) is 0 Å². The molecule has 0 aromatic heterocycles. The van der Waals surface area contributed by atoms with Crippen LogP contribution in [0.4, 0.5) is 0 Å². The number of nitrogens with two attached hydrogens (primary N) is 1. The zero-order valence-electron chi connectivity index (χ0n) is 7.50. The quantitative estimate of drug-likeness (QED) is 0.313. The third kappa shape index (κ3) is 3.55. The number of hydrogen-bond acceptors (Lipinski definition) is 6. The molecule has 6 nitrogen and oxygen atoms in total. The van der Waals surface area contributed by atoms with Gasteiger partial charge in [0, 0.05) is 6.42 Å². The van der Waals surface area contributed by atoms with Crippen molar-refractivity contribution >= 4 is 0 Å². The van der Waals surface area contributed by atoms with Crippen molar-refractivity contribution in [1.29, 1.82) is 0 Å². The van der Waals surface area contributed by atoms with Gasteiger partial charge in [-0.2, -0.15) is 0 Å². The summed E-state index contributed by atoms with van der Waals surface area (Å²) in [5, 5.41) is 35.6. The van der Waals surface area contributed by atoms with Crippen LogP contribution in [-0.2, 0) is 4.74 Å². The van der Waals surface area contributed by atoms with Gasteiger partial charge in [-0.25, -0.2) is 0 Å². The average molecular weight is 195 g/mol. The zero-order valence-corrected chi connectivity index (χ0v) is 7.50. The molecule has 6 heteroatoms. The molecule has 0 aromatic carbocycles. The first-order valence-corrected chi connectivity index (χ1v) is 4.03. The van der Waals surface area contributed by atoms with Gasteiger partial charge in [-0.15, -0.1) is 0 Å². The van der Waals surface area contributed by atoms with Crippen molar-refractivity contribution < 1.29 is 25.2 Å². The van der Waals surface area contributed by atoms with Gasteiger partial charge >= 0.3 is 0 Å². The van der Waals surface area contributed by atoms with Crippen molar-refractivity contribution in [3.05, 3.63) is 0 Å². The SMILES string of the molecule is CN.OCC1O[C@@H](O)CC(O)[C@H]1O. The number of hydrogen-bond donors (Lipinski definition) is 5. The molecule has 0 amide bonds. The van der Waals surface area contributed by atoms with E-state index in [4.69, 9.17) is 25.2 Å². The van der Waals surface area contributed by atoms with Gasteiger partial charge in [0.1, 0.15) is 12.2 Å². The normalized spacial score (nSPS) is 39.2. The van der Waals surface area contributed by atoms with Crippen molar-refractivity contribution in [3.63, 3.8) is 0 Å². The van der Waals surface area contributed by atoms with Gasteiger partial charge < -0.3 is 30.9 Å². The van der Waals surface area contributed by atoms with Crippen LogP contribution in [0, 0.1) is 0 Å². The Kier molecular flexibility index (Phi) is 6.13. The number of aliphatic hydroxyl groups excluding tert-OH is 4. The monoisotopic (exact) mass is 195 g/mol. The van der Waals surface area contributed by atoms with E-state index in [-0.39, 0.29) is 6.42 Å². The summed E-state index contributed by atoms with van der Waals surface area (Å²) in [5.41, 5.74) is 4.50. The molecule has 1 saturated heterocycles. The van der Waals surface area contributed by atoms with Crippen molar-refractivity contribution in [2.24, 2.45) is 5.73 Å². The van der Waals surface area contributed by atoms with Crippen LogP contribution in [0.25, 0.3) is 0 Å². The van der Waals surface area contributed by atoms with E-state index in [0.29, 0.717) is 0 Å². The van der Waals surface area contributed by atoms with Crippen LogP contribution >= 0.6 is 0 Å². The lowest BCUT2D eigenvalue weighted by atomic mass is 10.0. The van der Waals surface area contributed by atoms with E-state index >= 15 is 0 Å². The standard InChI is InChI=1S/C6H12O5.CH5N/c7-2-4-6(10)3(8)1-5(9)11-4;1-2/h3-10H,1-2H2;2H2,1H3/t3?,4?,5-,6-;/m1./s1. The van der Waals surface area contributed by atoms with Crippen LogP contribution in [0.3, 0.4) is 0 Å². The van der Waals surface area contributed by atoms with E-state index in [9.17, 15) is 0 Å². The number of rotatable bonds is 1. The summed E-state index contributed by atoms with van der Waals surface area (Å²) in [6.07, 6.45) is -4.11. The second-order valence-corrected chi connectivity index (χ2v) is 2.61. The van der Waals surface area contributed by atoms with E-state index < -0.39 is 31.2 Å². The molecule has 1 fully saturated rings. The predicted octanol–water partition coefficient (Wildman–Crippen LogP) is -2.62. The molecule has 0 aliphatic carbocycles. The van der Waals surface area contributed by atoms with Gasteiger partial charge in [0.2, 0.25) is 0 Å². The fourth-order valence-corrected chi connectivity index (χ4v) is 1.08. The second kappa shape index (κ2) is 6.25. The van der Waals surface area contributed by atoms with Crippen LogP contribution in [0.5, 0.6) is 0 Å². The molecular weight excluding hydrogens is 178 g/mol. The maximum Gasteiger partial charge on any atom is 0.157 e. The summed E-state index contributed by atoms with van der Waals surface area (Å²) in [6, 6.07) is 0. The Labute approximate surface area is 76.6 Å². The van der Waals surface area contributed by atoms with E-state index in [1.165, 1.54) is 7.05 Å². The molecule has 4 atom stereocenters. The number of aliphatic hydroxyl groups is 4. The molecule has 0 spiro atoms. The molecule has 1 aliphatic heterocycles. The van der Waals surface area contributed by atoms with Crippen molar-refractivity contribution in [2.75, 3.05) is 13.7 Å². The second-order valence-electron chi connectivity index (χ2n) is 2.61. The van der Waals surface area contributed by atoms with Gasteiger partial charge in [0.25, 0.3) is 0 Å². The van der Waals surface area contributed by atoms with Gasteiger partial charge in [0.15, 0.2) is 6.29 Å². The molecule has 2 unspecified atom stereocenters. The van der Waals surface area contributed by atoms with Gasteiger partial charge in [0.05, 0.1) is 12.7 Å². The van der Waals surface area contributed by atoms with Gasteiger partial charge in [-0.05, 0) is 7.05 Å². The fraction of sp³-hybridized carbons (Fsp3) is 1.00. The van der Waals surface area contributed by atoms with Crippen LogP contribution in [0.15, 0.2) is 0 Å². The molecular formula is C7H17NO5. The minimum Gasteiger partial charge on any atom is -0.394 e. The largest absolute Gasteiger partial charge is 0.394 e. The molecule has 1 heterocycles. The molecule has 80 valence electrons. The molecule has 6 N–H and O–H groups in total. The maximum atomic E-state index is 9.11. The third-order valence-corrected chi connectivity index (χ3v) is 1.73.